The quantitative estimate of drug-likeness (QED) is 0.754. The number of anilines is 1. The number of hydrogen-bond acceptors (Lipinski definition) is 2. The van der Waals surface area contributed by atoms with Crippen LogP contribution in [0.2, 0.25) is 5.02 Å². The summed E-state index contributed by atoms with van der Waals surface area (Å²) in [6, 6.07) is 5.39. The Labute approximate surface area is 134 Å². The molecule has 3 N–H and O–H groups in total. The second-order valence-corrected chi connectivity index (χ2v) is 6.56. The van der Waals surface area contributed by atoms with Gasteiger partial charge in [-0.15, -0.1) is 0 Å². The second kappa shape index (κ2) is 8.65. The Balaban J connectivity index is 2.48. The molecule has 20 heavy (non-hydrogen) atoms. The fraction of sp³-hybridized carbons (Fsp3) is 0.533. The molecule has 1 unspecified atom stereocenters. The summed E-state index contributed by atoms with van der Waals surface area (Å²) in [5.41, 5.74) is 6.33. The molecule has 1 rings (SSSR count). The summed E-state index contributed by atoms with van der Waals surface area (Å²) in [6.07, 6.45) is 2.34. The van der Waals surface area contributed by atoms with Crippen molar-refractivity contribution in [2.45, 2.75) is 33.1 Å². The highest BCUT2D eigenvalue weighted by molar-refractivity contribution is 9.10. The van der Waals surface area contributed by atoms with E-state index in [1.165, 1.54) is 0 Å². The molecule has 0 spiro atoms. The van der Waals surface area contributed by atoms with Crippen LogP contribution in [0.15, 0.2) is 22.7 Å². The third-order valence-corrected chi connectivity index (χ3v) is 4.66. The standard InChI is InChI=1S/C15H22BrClN2O/c1-10(2)11(7-8-18)3-6-15(20)19-12-4-5-13(16)14(17)9-12/h4-5,9-11H,3,6-8,18H2,1-2H3,(H,19,20). The number of benzene rings is 1. The number of nitrogens with one attached hydrogen (secondary N) is 1. The van der Waals surface area contributed by atoms with Gasteiger partial charge in [0.1, 0.15) is 0 Å². The highest BCUT2D eigenvalue weighted by Gasteiger charge is 2.14. The fourth-order valence-electron chi connectivity index (χ4n) is 2.14. The molecule has 1 aromatic carbocycles. The lowest BCUT2D eigenvalue weighted by atomic mass is 9.88. The number of carbonyl (C=O) groups is 1. The molecular weight excluding hydrogens is 340 g/mol. The Morgan fingerprint density at radius 1 is 1.40 bits per heavy atom. The van der Waals surface area contributed by atoms with E-state index in [1.807, 2.05) is 12.1 Å². The third-order valence-electron chi connectivity index (χ3n) is 3.43. The van der Waals surface area contributed by atoms with Gasteiger partial charge in [0.25, 0.3) is 0 Å². The van der Waals surface area contributed by atoms with Crippen LogP contribution in [0, 0.1) is 11.8 Å². The molecule has 0 heterocycles. The molecular formula is C15H22BrClN2O. The number of carbonyl (C=O) groups excluding carboxylic acids is 1. The van der Waals surface area contributed by atoms with Crippen molar-refractivity contribution in [1.29, 1.82) is 0 Å². The van der Waals surface area contributed by atoms with E-state index < -0.39 is 0 Å². The van der Waals surface area contributed by atoms with E-state index in [0.717, 1.165) is 23.0 Å². The number of halogens is 2. The number of hydrogen-bond donors (Lipinski definition) is 2. The summed E-state index contributed by atoms with van der Waals surface area (Å²) < 4.78 is 0.819. The molecule has 112 valence electrons. The largest absolute Gasteiger partial charge is 0.330 e. The minimum absolute atomic E-state index is 0.0195. The van der Waals surface area contributed by atoms with E-state index >= 15 is 0 Å². The Morgan fingerprint density at radius 2 is 2.10 bits per heavy atom. The zero-order valence-electron chi connectivity index (χ0n) is 12.0. The van der Waals surface area contributed by atoms with Crippen molar-refractivity contribution in [1.82, 2.24) is 0 Å². The van der Waals surface area contributed by atoms with Crippen LogP contribution >= 0.6 is 27.5 Å². The van der Waals surface area contributed by atoms with E-state index in [4.69, 9.17) is 17.3 Å². The zero-order valence-corrected chi connectivity index (χ0v) is 14.3. The van der Waals surface area contributed by atoms with Crippen molar-refractivity contribution >= 4 is 39.1 Å². The molecule has 0 radical (unpaired) electrons. The van der Waals surface area contributed by atoms with E-state index in [2.05, 4.69) is 35.1 Å². The van der Waals surface area contributed by atoms with Crippen molar-refractivity contribution in [2.24, 2.45) is 17.6 Å². The van der Waals surface area contributed by atoms with Crippen molar-refractivity contribution in [3.05, 3.63) is 27.7 Å². The first-order valence-electron chi connectivity index (χ1n) is 6.89. The maximum absolute atomic E-state index is 11.9. The third kappa shape index (κ3) is 5.81. The predicted molar refractivity (Wildman–Crippen MR) is 89.0 cm³/mol. The Hall–Kier alpha value is -0.580. The van der Waals surface area contributed by atoms with Gasteiger partial charge in [-0.1, -0.05) is 25.4 Å². The minimum Gasteiger partial charge on any atom is -0.330 e. The van der Waals surface area contributed by atoms with Gasteiger partial charge in [0.05, 0.1) is 5.02 Å². The minimum atomic E-state index is 0.0195. The molecule has 0 aliphatic carbocycles. The number of nitrogens with two attached hydrogens (primary N) is 1. The molecule has 1 amide bonds. The summed E-state index contributed by atoms with van der Waals surface area (Å²) in [5.74, 6) is 1.07. The summed E-state index contributed by atoms with van der Waals surface area (Å²) >= 11 is 9.32. The Bertz CT molecular complexity index is 451. The Morgan fingerprint density at radius 3 is 2.65 bits per heavy atom. The van der Waals surface area contributed by atoms with Crippen LogP contribution in [-0.4, -0.2) is 12.5 Å². The second-order valence-electron chi connectivity index (χ2n) is 5.30. The lowest BCUT2D eigenvalue weighted by Crippen LogP contribution is -2.18. The van der Waals surface area contributed by atoms with Crippen molar-refractivity contribution in [3.63, 3.8) is 0 Å². The lowest BCUT2D eigenvalue weighted by Gasteiger charge is -2.19. The predicted octanol–water partition coefficient (Wildman–Crippen LogP) is 4.44. The molecule has 0 saturated carbocycles. The Kier molecular flexibility index (Phi) is 7.56. The molecule has 0 aromatic heterocycles. The molecule has 5 heteroatoms. The van der Waals surface area contributed by atoms with Gasteiger partial charge in [-0.05, 0) is 65.4 Å². The van der Waals surface area contributed by atoms with Gasteiger partial charge >= 0.3 is 0 Å². The van der Waals surface area contributed by atoms with Crippen molar-refractivity contribution in [2.75, 3.05) is 11.9 Å². The topological polar surface area (TPSA) is 55.1 Å². The molecule has 1 aromatic rings. The van der Waals surface area contributed by atoms with Crippen LogP contribution in [-0.2, 0) is 4.79 Å². The summed E-state index contributed by atoms with van der Waals surface area (Å²) in [5, 5.41) is 3.46. The zero-order chi connectivity index (χ0) is 15.1. The molecule has 0 fully saturated rings. The molecule has 0 bridgehead atoms. The van der Waals surface area contributed by atoms with Crippen molar-refractivity contribution in [3.8, 4) is 0 Å². The van der Waals surface area contributed by atoms with E-state index in [1.54, 1.807) is 6.07 Å². The summed E-state index contributed by atoms with van der Waals surface area (Å²) in [6.45, 7) is 5.02. The van der Waals surface area contributed by atoms with E-state index in [9.17, 15) is 4.79 Å². The van der Waals surface area contributed by atoms with Gasteiger partial charge in [-0.2, -0.15) is 0 Å². The first kappa shape index (κ1) is 17.5. The van der Waals surface area contributed by atoms with Crippen LogP contribution in [0.4, 0.5) is 5.69 Å². The fourth-order valence-corrected chi connectivity index (χ4v) is 2.57. The van der Waals surface area contributed by atoms with Crippen LogP contribution in [0.3, 0.4) is 0 Å². The van der Waals surface area contributed by atoms with Crippen LogP contribution in [0.25, 0.3) is 0 Å². The van der Waals surface area contributed by atoms with E-state index in [0.29, 0.717) is 29.8 Å². The number of amides is 1. The smallest absolute Gasteiger partial charge is 0.224 e. The molecule has 1 atom stereocenters. The van der Waals surface area contributed by atoms with Gasteiger partial charge in [0.2, 0.25) is 5.91 Å². The average molecular weight is 362 g/mol. The molecule has 0 aliphatic rings. The van der Waals surface area contributed by atoms with Gasteiger partial charge in [-0.3, -0.25) is 4.79 Å². The molecule has 3 nitrogen and oxygen atoms in total. The van der Waals surface area contributed by atoms with Crippen LogP contribution in [0.1, 0.15) is 33.1 Å². The van der Waals surface area contributed by atoms with Gasteiger partial charge in [-0.25, -0.2) is 0 Å². The van der Waals surface area contributed by atoms with Crippen LogP contribution < -0.4 is 11.1 Å². The number of rotatable bonds is 7. The summed E-state index contributed by atoms with van der Waals surface area (Å²) in [4.78, 5) is 11.9. The monoisotopic (exact) mass is 360 g/mol. The highest BCUT2D eigenvalue weighted by Crippen LogP contribution is 2.26. The maximum Gasteiger partial charge on any atom is 0.224 e. The van der Waals surface area contributed by atoms with Crippen molar-refractivity contribution < 1.29 is 4.79 Å². The summed E-state index contributed by atoms with van der Waals surface area (Å²) in [7, 11) is 0. The lowest BCUT2D eigenvalue weighted by molar-refractivity contribution is -0.116. The SMILES string of the molecule is CC(C)C(CCN)CCC(=O)Nc1ccc(Br)c(Cl)c1. The normalized spacial score (nSPS) is 12.5. The molecule has 0 saturated heterocycles. The first-order chi connectivity index (χ1) is 9.43. The van der Waals surface area contributed by atoms with E-state index in [-0.39, 0.29) is 5.91 Å². The first-order valence-corrected chi connectivity index (χ1v) is 8.06. The molecule has 0 aliphatic heterocycles. The van der Waals surface area contributed by atoms with Gasteiger partial charge < -0.3 is 11.1 Å². The highest BCUT2D eigenvalue weighted by atomic mass is 79.9. The van der Waals surface area contributed by atoms with Crippen LogP contribution in [0.5, 0.6) is 0 Å². The van der Waals surface area contributed by atoms with Gasteiger partial charge in [0, 0.05) is 16.6 Å². The maximum atomic E-state index is 11.9. The average Bonchev–Trinajstić information content (AvgIpc) is 2.38. The van der Waals surface area contributed by atoms with Gasteiger partial charge in [0.15, 0.2) is 0 Å².